The zero-order valence-electron chi connectivity index (χ0n) is 11.5. The van der Waals surface area contributed by atoms with Gasteiger partial charge >= 0.3 is 0 Å². The largest absolute Gasteiger partial charge is 0.398 e. The fourth-order valence-electron chi connectivity index (χ4n) is 2.28. The van der Waals surface area contributed by atoms with Crippen molar-refractivity contribution in [1.82, 2.24) is 9.38 Å². The van der Waals surface area contributed by atoms with Gasteiger partial charge in [-0.3, -0.25) is 0 Å². The van der Waals surface area contributed by atoms with E-state index in [1.807, 2.05) is 35.0 Å². The highest BCUT2D eigenvalue weighted by Crippen LogP contribution is 2.13. The number of nitrogen functional groups attached to an aromatic ring is 1. The van der Waals surface area contributed by atoms with Crippen LogP contribution < -0.4 is 10.6 Å². The van der Waals surface area contributed by atoms with Gasteiger partial charge in [-0.1, -0.05) is 18.2 Å². The highest BCUT2D eigenvalue weighted by Gasteiger charge is 2.04. The van der Waals surface area contributed by atoms with Gasteiger partial charge in [-0.2, -0.15) is 0 Å². The van der Waals surface area contributed by atoms with Gasteiger partial charge in [0.25, 0.3) is 0 Å². The summed E-state index contributed by atoms with van der Waals surface area (Å²) in [6.45, 7) is 0.934. The molecular formula is C16H18N4. The third-order valence-corrected chi connectivity index (χ3v) is 3.42. The number of fused-ring (bicyclic) bond motifs is 1. The topological polar surface area (TPSA) is 46.6 Å². The Labute approximate surface area is 118 Å². The number of para-hydroxylation sites is 1. The molecule has 4 nitrogen and oxygen atoms in total. The summed E-state index contributed by atoms with van der Waals surface area (Å²) in [6.07, 6.45) is 4.85. The molecule has 3 rings (SSSR count). The molecule has 3 aromatic rings. The molecule has 0 unspecified atom stereocenters. The Kier molecular flexibility index (Phi) is 3.29. The van der Waals surface area contributed by atoms with Crippen LogP contribution in [0.25, 0.3) is 5.65 Å². The predicted octanol–water partition coefficient (Wildman–Crippen LogP) is 2.60. The van der Waals surface area contributed by atoms with Crippen molar-refractivity contribution in [3.8, 4) is 0 Å². The van der Waals surface area contributed by atoms with E-state index in [4.69, 9.17) is 5.73 Å². The summed E-state index contributed by atoms with van der Waals surface area (Å²) >= 11 is 0. The molecule has 1 aromatic carbocycles. The lowest BCUT2D eigenvalue weighted by Gasteiger charge is -2.18. The van der Waals surface area contributed by atoms with Crippen LogP contribution in [0.15, 0.2) is 54.9 Å². The number of anilines is 2. The monoisotopic (exact) mass is 266 g/mol. The van der Waals surface area contributed by atoms with Crippen molar-refractivity contribution in [2.45, 2.75) is 6.42 Å². The van der Waals surface area contributed by atoms with E-state index in [9.17, 15) is 0 Å². The number of hydrogen-bond acceptors (Lipinski definition) is 3. The summed E-state index contributed by atoms with van der Waals surface area (Å²) in [5, 5.41) is 0. The van der Waals surface area contributed by atoms with E-state index in [0.717, 1.165) is 30.0 Å². The normalized spacial score (nSPS) is 10.8. The number of imidazole rings is 1. The minimum Gasteiger partial charge on any atom is -0.398 e. The summed E-state index contributed by atoms with van der Waals surface area (Å²) in [5.74, 6) is 0. The second-order valence-electron chi connectivity index (χ2n) is 4.97. The van der Waals surface area contributed by atoms with Crippen LogP contribution in [-0.4, -0.2) is 23.0 Å². The molecule has 20 heavy (non-hydrogen) atoms. The molecule has 102 valence electrons. The lowest BCUT2D eigenvalue weighted by Crippen LogP contribution is -2.20. The molecule has 0 radical (unpaired) electrons. The van der Waals surface area contributed by atoms with Gasteiger partial charge < -0.3 is 15.0 Å². The van der Waals surface area contributed by atoms with Crippen molar-refractivity contribution < 1.29 is 0 Å². The molecule has 0 aliphatic rings. The van der Waals surface area contributed by atoms with Gasteiger partial charge in [0, 0.05) is 43.8 Å². The minimum atomic E-state index is 0.753. The van der Waals surface area contributed by atoms with Gasteiger partial charge in [-0.05, 0) is 24.3 Å². The quantitative estimate of drug-likeness (QED) is 0.789. The Bertz CT molecular complexity index is 703. The molecule has 0 spiro atoms. The third-order valence-electron chi connectivity index (χ3n) is 3.42. The van der Waals surface area contributed by atoms with E-state index in [2.05, 4.69) is 41.2 Å². The van der Waals surface area contributed by atoms with Crippen LogP contribution in [0, 0.1) is 0 Å². The number of pyridine rings is 1. The summed E-state index contributed by atoms with van der Waals surface area (Å²) < 4.78 is 1.98. The molecule has 2 N–H and O–H groups in total. The van der Waals surface area contributed by atoms with E-state index in [0.29, 0.717) is 0 Å². The maximum absolute atomic E-state index is 5.77. The molecule has 0 fully saturated rings. The molecule has 0 saturated heterocycles. The first-order valence-electron chi connectivity index (χ1n) is 6.72. The van der Waals surface area contributed by atoms with Crippen molar-refractivity contribution in [2.75, 3.05) is 24.2 Å². The first kappa shape index (κ1) is 12.5. The average molecular weight is 266 g/mol. The van der Waals surface area contributed by atoms with Gasteiger partial charge in [0.05, 0.1) is 5.69 Å². The van der Waals surface area contributed by atoms with Crippen LogP contribution in [0.2, 0.25) is 0 Å². The SMILES string of the molecule is CN(CCc1cn2cc(N)ccc2n1)c1ccccc1. The van der Waals surface area contributed by atoms with Crippen LogP contribution in [0.4, 0.5) is 11.4 Å². The van der Waals surface area contributed by atoms with Crippen molar-refractivity contribution in [1.29, 1.82) is 0 Å². The zero-order chi connectivity index (χ0) is 13.9. The lowest BCUT2D eigenvalue weighted by atomic mass is 10.2. The molecule has 0 amide bonds. The second kappa shape index (κ2) is 5.25. The van der Waals surface area contributed by atoms with Gasteiger partial charge in [0.1, 0.15) is 5.65 Å². The van der Waals surface area contributed by atoms with E-state index >= 15 is 0 Å². The Morgan fingerprint density at radius 2 is 1.90 bits per heavy atom. The predicted molar refractivity (Wildman–Crippen MR) is 83.0 cm³/mol. The molecule has 4 heteroatoms. The number of aromatic nitrogens is 2. The molecule has 0 bridgehead atoms. The van der Waals surface area contributed by atoms with Crippen LogP contribution in [-0.2, 0) is 6.42 Å². The van der Waals surface area contributed by atoms with Gasteiger partial charge in [-0.25, -0.2) is 4.98 Å². The van der Waals surface area contributed by atoms with Gasteiger partial charge in [0.2, 0.25) is 0 Å². The fraction of sp³-hybridized carbons (Fsp3) is 0.188. The number of benzene rings is 1. The van der Waals surface area contributed by atoms with Crippen LogP contribution in [0.5, 0.6) is 0 Å². The molecule has 2 heterocycles. The Hall–Kier alpha value is -2.49. The van der Waals surface area contributed by atoms with Crippen LogP contribution in [0.3, 0.4) is 0 Å². The first-order chi connectivity index (χ1) is 9.72. The highest BCUT2D eigenvalue weighted by molar-refractivity contribution is 5.48. The highest BCUT2D eigenvalue weighted by atomic mass is 15.1. The number of hydrogen-bond donors (Lipinski definition) is 1. The Morgan fingerprint density at radius 1 is 1.10 bits per heavy atom. The zero-order valence-corrected chi connectivity index (χ0v) is 11.5. The van der Waals surface area contributed by atoms with Crippen LogP contribution >= 0.6 is 0 Å². The number of nitrogens with zero attached hydrogens (tertiary/aromatic N) is 3. The summed E-state index contributed by atoms with van der Waals surface area (Å²) in [5.41, 5.74) is 9.77. The smallest absolute Gasteiger partial charge is 0.137 e. The number of likely N-dealkylation sites (N-methyl/N-ethyl adjacent to an activating group) is 1. The molecule has 0 aliphatic carbocycles. The van der Waals surface area contributed by atoms with E-state index < -0.39 is 0 Å². The molecule has 0 aliphatic heterocycles. The molecule has 0 saturated carbocycles. The summed E-state index contributed by atoms with van der Waals surface area (Å²) in [7, 11) is 2.10. The molecule has 0 atom stereocenters. The van der Waals surface area contributed by atoms with E-state index in [1.54, 1.807) is 0 Å². The van der Waals surface area contributed by atoms with E-state index in [1.165, 1.54) is 5.69 Å². The van der Waals surface area contributed by atoms with Crippen molar-refractivity contribution in [3.05, 3.63) is 60.6 Å². The van der Waals surface area contributed by atoms with E-state index in [-0.39, 0.29) is 0 Å². The maximum Gasteiger partial charge on any atom is 0.137 e. The van der Waals surface area contributed by atoms with Crippen molar-refractivity contribution in [3.63, 3.8) is 0 Å². The summed E-state index contributed by atoms with van der Waals surface area (Å²) in [4.78, 5) is 6.83. The van der Waals surface area contributed by atoms with Gasteiger partial charge in [0.15, 0.2) is 0 Å². The third kappa shape index (κ3) is 2.59. The van der Waals surface area contributed by atoms with Crippen molar-refractivity contribution >= 4 is 17.0 Å². The Balaban J connectivity index is 1.71. The van der Waals surface area contributed by atoms with Gasteiger partial charge in [-0.15, -0.1) is 0 Å². The lowest BCUT2D eigenvalue weighted by molar-refractivity contribution is 0.859. The standard InChI is InChI=1S/C16H18N4/c1-19(15-5-3-2-4-6-15)10-9-14-12-20-11-13(17)7-8-16(20)18-14/h2-8,11-12H,9-10,17H2,1H3. The fourth-order valence-corrected chi connectivity index (χ4v) is 2.28. The average Bonchev–Trinajstić information content (AvgIpc) is 2.87. The number of nitrogens with two attached hydrogens (primary N) is 1. The molecule has 2 aromatic heterocycles. The van der Waals surface area contributed by atoms with Crippen LogP contribution in [0.1, 0.15) is 5.69 Å². The maximum atomic E-state index is 5.77. The summed E-state index contributed by atoms with van der Waals surface area (Å²) in [6, 6.07) is 14.2. The number of rotatable bonds is 4. The minimum absolute atomic E-state index is 0.753. The molecular weight excluding hydrogens is 248 g/mol. The van der Waals surface area contributed by atoms with Crippen molar-refractivity contribution in [2.24, 2.45) is 0 Å². The Morgan fingerprint density at radius 3 is 2.70 bits per heavy atom. The first-order valence-corrected chi connectivity index (χ1v) is 6.72. The second-order valence-corrected chi connectivity index (χ2v) is 4.97.